The van der Waals surface area contributed by atoms with E-state index in [1.54, 1.807) is 7.11 Å². The highest BCUT2D eigenvalue weighted by Crippen LogP contribution is 2.31. The van der Waals surface area contributed by atoms with Crippen molar-refractivity contribution in [1.29, 1.82) is 0 Å². The number of rotatable bonds is 3. The van der Waals surface area contributed by atoms with Gasteiger partial charge in [0.25, 0.3) is 0 Å². The molecule has 0 amide bonds. The summed E-state index contributed by atoms with van der Waals surface area (Å²) in [5.41, 5.74) is 8.60. The zero-order valence-electron chi connectivity index (χ0n) is 10.4. The number of benzene rings is 1. The zero-order chi connectivity index (χ0) is 12.6. The van der Waals surface area contributed by atoms with Crippen LogP contribution in [0.4, 0.5) is 0 Å². The molecule has 92 valence electrons. The predicted octanol–water partition coefficient (Wildman–Crippen LogP) is 1.49. The number of aryl methyl sites for hydroxylation is 2. The number of ether oxygens (including phenoxy) is 1. The van der Waals surface area contributed by atoms with Crippen molar-refractivity contribution in [3.8, 4) is 5.75 Å². The second-order valence-electron chi connectivity index (χ2n) is 4.29. The molecule has 1 aromatic heterocycles. The Kier molecular flexibility index (Phi) is 3.09. The number of fused-ring (bicyclic) bond motifs is 1. The third-order valence-corrected chi connectivity index (χ3v) is 3.09. The lowest BCUT2D eigenvalue weighted by Crippen LogP contribution is -2.11. The Morgan fingerprint density at radius 3 is 2.76 bits per heavy atom. The third-order valence-electron chi connectivity index (χ3n) is 3.09. The van der Waals surface area contributed by atoms with E-state index in [1.165, 1.54) is 0 Å². The molecule has 2 aromatic rings. The number of aliphatic hydroxyl groups is 1. The van der Waals surface area contributed by atoms with Crippen molar-refractivity contribution in [2.24, 2.45) is 12.8 Å². The molecule has 1 heterocycles. The summed E-state index contributed by atoms with van der Waals surface area (Å²) in [7, 11) is 3.61. The minimum Gasteiger partial charge on any atom is -0.497 e. The summed E-state index contributed by atoms with van der Waals surface area (Å²) in [6.07, 6.45) is 1.29. The second kappa shape index (κ2) is 4.39. The fraction of sp³-hybridized carbons (Fsp3) is 0.385. The Morgan fingerprint density at radius 2 is 2.18 bits per heavy atom. The summed E-state index contributed by atoms with van der Waals surface area (Å²) >= 11 is 0. The topological polar surface area (TPSA) is 60.4 Å². The van der Waals surface area contributed by atoms with E-state index in [-0.39, 0.29) is 6.54 Å². The molecule has 1 atom stereocenters. The van der Waals surface area contributed by atoms with Crippen LogP contribution in [0.25, 0.3) is 10.9 Å². The van der Waals surface area contributed by atoms with Crippen LogP contribution in [0.3, 0.4) is 0 Å². The summed E-state index contributed by atoms with van der Waals surface area (Å²) in [5.74, 6) is 0.798. The average Bonchev–Trinajstić information content (AvgIpc) is 2.66. The van der Waals surface area contributed by atoms with E-state index in [4.69, 9.17) is 10.5 Å². The quantitative estimate of drug-likeness (QED) is 0.845. The van der Waals surface area contributed by atoms with Crippen LogP contribution < -0.4 is 10.5 Å². The standard InChI is InChI=1S/C13H18N2O2/c1-8-4-9(17-3)5-10-11(12(16)6-14)7-15(2)13(8)10/h4-5,7,12,16H,6,14H2,1-3H3. The maximum absolute atomic E-state index is 9.92. The molecule has 0 radical (unpaired) electrons. The van der Waals surface area contributed by atoms with Gasteiger partial charge in [0.15, 0.2) is 0 Å². The van der Waals surface area contributed by atoms with E-state index in [9.17, 15) is 5.11 Å². The lowest BCUT2D eigenvalue weighted by atomic mass is 10.1. The van der Waals surface area contributed by atoms with Gasteiger partial charge in [-0.1, -0.05) is 0 Å². The molecule has 0 aliphatic carbocycles. The normalized spacial score (nSPS) is 13.0. The van der Waals surface area contributed by atoms with Crippen LogP contribution in [0, 0.1) is 6.92 Å². The molecule has 17 heavy (non-hydrogen) atoms. The van der Waals surface area contributed by atoms with Gasteiger partial charge in [-0.15, -0.1) is 0 Å². The third kappa shape index (κ3) is 1.90. The number of methoxy groups -OCH3 is 1. The van der Waals surface area contributed by atoms with E-state index < -0.39 is 6.10 Å². The fourth-order valence-electron chi connectivity index (χ4n) is 2.29. The van der Waals surface area contributed by atoms with E-state index in [0.717, 1.165) is 27.8 Å². The van der Waals surface area contributed by atoms with Gasteiger partial charge in [-0.05, 0) is 24.6 Å². The van der Waals surface area contributed by atoms with Gasteiger partial charge in [0.05, 0.1) is 18.7 Å². The molecule has 0 aliphatic rings. The first-order valence-corrected chi connectivity index (χ1v) is 5.60. The van der Waals surface area contributed by atoms with Gasteiger partial charge in [0, 0.05) is 30.7 Å². The number of aromatic nitrogens is 1. The van der Waals surface area contributed by atoms with Crippen molar-refractivity contribution in [2.45, 2.75) is 13.0 Å². The molecule has 4 nitrogen and oxygen atoms in total. The lowest BCUT2D eigenvalue weighted by Gasteiger charge is -2.08. The summed E-state index contributed by atoms with van der Waals surface area (Å²) in [5, 5.41) is 10.9. The van der Waals surface area contributed by atoms with Gasteiger partial charge < -0.3 is 20.1 Å². The van der Waals surface area contributed by atoms with Crippen molar-refractivity contribution < 1.29 is 9.84 Å². The van der Waals surface area contributed by atoms with Crippen molar-refractivity contribution in [3.63, 3.8) is 0 Å². The summed E-state index contributed by atoms with van der Waals surface area (Å²) < 4.78 is 7.27. The maximum atomic E-state index is 9.92. The van der Waals surface area contributed by atoms with Crippen LogP contribution in [0.1, 0.15) is 17.2 Å². The molecule has 0 fully saturated rings. The number of hydrogen-bond donors (Lipinski definition) is 2. The molecule has 0 saturated heterocycles. The van der Waals surface area contributed by atoms with E-state index in [1.807, 2.05) is 36.9 Å². The molecule has 1 aromatic carbocycles. The molecular weight excluding hydrogens is 216 g/mol. The van der Waals surface area contributed by atoms with Gasteiger partial charge >= 0.3 is 0 Å². The second-order valence-corrected chi connectivity index (χ2v) is 4.29. The molecule has 0 saturated carbocycles. The molecule has 3 N–H and O–H groups in total. The monoisotopic (exact) mass is 234 g/mol. The van der Waals surface area contributed by atoms with E-state index in [2.05, 4.69) is 0 Å². The zero-order valence-corrected chi connectivity index (χ0v) is 10.4. The Labute approximate surface area is 101 Å². The SMILES string of the molecule is COc1cc(C)c2c(c1)c(C(O)CN)cn2C. The minimum absolute atomic E-state index is 0.218. The van der Waals surface area contributed by atoms with E-state index >= 15 is 0 Å². The van der Waals surface area contributed by atoms with Gasteiger partial charge in [-0.3, -0.25) is 0 Å². The van der Waals surface area contributed by atoms with Crippen molar-refractivity contribution in [3.05, 3.63) is 29.5 Å². The highest BCUT2D eigenvalue weighted by atomic mass is 16.5. The molecule has 2 rings (SSSR count). The maximum Gasteiger partial charge on any atom is 0.119 e. The van der Waals surface area contributed by atoms with Gasteiger partial charge in [0.1, 0.15) is 5.75 Å². The number of aliphatic hydroxyl groups excluding tert-OH is 1. The average molecular weight is 234 g/mol. The first kappa shape index (κ1) is 12.0. The minimum atomic E-state index is -0.634. The van der Waals surface area contributed by atoms with Crippen molar-refractivity contribution >= 4 is 10.9 Å². The van der Waals surface area contributed by atoms with Crippen molar-refractivity contribution in [2.75, 3.05) is 13.7 Å². The van der Waals surface area contributed by atoms with Gasteiger partial charge in [-0.2, -0.15) is 0 Å². The molecule has 1 unspecified atom stereocenters. The van der Waals surface area contributed by atoms with E-state index in [0.29, 0.717) is 0 Å². The van der Waals surface area contributed by atoms with Crippen LogP contribution in [-0.4, -0.2) is 23.3 Å². The summed E-state index contributed by atoms with van der Waals surface area (Å²) in [6, 6.07) is 3.93. The Balaban J connectivity index is 2.74. The van der Waals surface area contributed by atoms with Crippen LogP contribution in [0.15, 0.2) is 18.3 Å². The first-order chi connectivity index (χ1) is 8.08. The molecule has 0 bridgehead atoms. The smallest absolute Gasteiger partial charge is 0.119 e. The largest absolute Gasteiger partial charge is 0.497 e. The summed E-state index contributed by atoms with van der Waals surface area (Å²) in [6.45, 7) is 2.25. The molecule has 0 aliphatic heterocycles. The molecule has 4 heteroatoms. The Hall–Kier alpha value is -1.52. The van der Waals surface area contributed by atoms with Gasteiger partial charge in [0.2, 0.25) is 0 Å². The number of nitrogens with two attached hydrogens (primary N) is 1. The number of hydrogen-bond acceptors (Lipinski definition) is 3. The number of nitrogens with zero attached hydrogens (tertiary/aromatic N) is 1. The Bertz CT molecular complexity index is 546. The fourth-order valence-corrected chi connectivity index (χ4v) is 2.29. The Morgan fingerprint density at radius 1 is 1.47 bits per heavy atom. The molecule has 0 spiro atoms. The van der Waals surface area contributed by atoms with Crippen LogP contribution in [0.2, 0.25) is 0 Å². The predicted molar refractivity (Wildman–Crippen MR) is 68.2 cm³/mol. The lowest BCUT2D eigenvalue weighted by molar-refractivity contribution is 0.188. The van der Waals surface area contributed by atoms with Crippen LogP contribution >= 0.6 is 0 Å². The highest BCUT2D eigenvalue weighted by molar-refractivity contribution is 5.88. The van der Waals surface area contributed by atoms with Gasteiger partial charge in [-0.25, -0.2) is 0 Å². The molecular formula is C13H18N2O2. The summed E-state index contributed by atoms with van der Waals surface area (Å²) in [4.78, 5) is 0. The van der Waals surface area contributed by atoms with Crippen LogP contribution in [0.5, 0.6) is 5.75 Å². The van der Waals surface area contributed by atoms with Crippen LogP contribution in [-0.2, 0) is 7.05 Å². The first-order valence-electron chi connectivity index (χ1n) is 5.60. The highest BCUT2D eigenvalue weighted by Gasteiger charge is 2.15. The van der Waals surface area contributed by atoms with Crippen molar-refractivity contribution in [1.82, 2.24) is 4.57 Å².